The molecule has 7 heteroatoms. The van der Waals surface area contributed by atoms with Crippen LogP contribution in [-0.2, 0) is 4.74 Å². The van der Waals surface area contributed by atoms with Crippen LogP contribution in [0.25, 0.3) is 16.5 Å². The zero-order chi connectivity index (χ0) is 24.4. The minimum Gasteiger partial charge on any atom is -0.491 e. The number of halogens is 1. The van der Waals surface area contributed by atoms with Crippen LogP contribution >= 0.6 is 0 Å². The summed E-state index contributed by atoms with van der Waals surface area (Å²) in [6.45, 7) is 6.54. The van der Waals surface area contributed by atoms with Crippen LogP contribution in [0.1, 0.15) is 32.6 Å². The predicted octanol–water partition coefficient (Wildman–Crippen LogP) is 4.61. The Labute approximate surface area is 205 Å². The van der Waals surface area contributed by atoms with E-state index in [0.29, 0.717) is 35.2 Å². The fourth-order valence-corrected chi connectivity index (χ4v) is 5.33. The third-order valence-corrected chi connectivity index (χ3v) is 7.47. The number of rotatable bonds is 8. The Kier molecular flexibility index (Phi) is 7.07. The molecule has 0 aliphatic carbocycles. The SMILES string of the molecule is CCC(COc1ccc2c(=O)n(-c3ccc(N4CC[C@@H](N5CCCC5)C4)c(F)c3)ccc2c1)OC. The number of nitrogens with zero attached hydrogens (tertiary/aromatic N) is 3. The van der Waals surface area contributed by atoms with Gasteiger partial charge in [0.15, 0.2) is 0 Å². The summed E-state index contributed by atoms with van der Waals surface area (Å²) in [5.74, 6) is 0.405. The highest BCUT2D eigenvalue weighted by molar-refractivity contribution is 5.83. The Morgan fingerprint density at radius 2 is 1.91 bits per heavy atom. The van der Waals surface area contributed by atoms with Gasteiger partial charge < -0.3 is 14.4 Å². The molecule has 2 fully saturated rings. The lowest BCUT2D eigenvalue weighted by molar-refractivity contribution is 0.0556. The van der Waals surface area contributed by atoms with Gasteiger partial charge in [0.25, 0.3) is 5.56 Å². The number of fused-ring (bicyclic) bond motifs is 1. The highest BCUT2D eigenvalue weighted by Gasteiger charge is 2.30. The van der Waals surface area contributed by atoms with Gasteiger partial charge in [-0.05, 0) is 80.6 Å². The minimum atomic E-state index is -0.288. The highest BCUT2D eigenvalue weighted by Crippen LogP contribution is 2.29. The average Bonchev–Trinajstić information content (AvgIpc) is 3.57. The summed E-state index contributed by atoms with van der Waals surface area (Å²) in [6, 6.07) is 12.9. The smallest absolute Gasteiger partial charge is 0.262 e. The van der Waals surface area contributed by atoms with E-state index in [4.69, 9.17) is 9.47 Å². The first-order chi connectivity index (χ1) is 17.1. The number of ether oxygens (including phenoxy) is 2. The van der Waals surface area contributed by atoms with Gasteiger partial charge in [-0.15, -0.1) is 0 Å². The molecule has 2 aromatic carbocycles. The standard InChI is InChI=1S/C28H34FN3O3/c1-3-23(34-2)19-35-24-7-8-25-20(16-24)10-15-32(28(25)33)21-6-9-27(26(29)17-21)31-14-11-22(18-31)30-12-4-5-13-30/h6-10,15-17,22-23H,3-5,11-14,18-19H2,1-2H3/t22-,23?/m1/s1. The van der Waals surface area contributed by atoms with Crippen molar-refractivity contribution in [1.29, 1.82) is 0 Å². The predicted molar refractivity (Wildman–Crippen MR) is 138 cm³/mol. The topological polar surface area (TPSA) is 46.9 Å². The van der Waals surface area contributed by atoms with E-state index in [1.165, 1.54) is 23.5 Å². The maximum atomic E-state index is 15.2. The highest BCUT2D eigenvalue weighted by atomic mass is 19.1. The van der Waals surface area contributed by atoms with Crippen LogP contribution in [-0.4, -0.2) is 61.5 Å². The van der Waals surface area contributed by atoms with Crippen LogP contribution < -0.4 is 15.2 Å². The minimum absolute atomic E-state index is 0.0308. The van der Waals surface area contributed by atoms with E-state index in [-0.39, 0.29) is 17.5 Å². The van der Waals surface area contributed by atoms with E-state index in [1.54, 1.807) is 25.4 Å². The number of likely N-dealkylation sites (tertiary alicyclic amines) is 1. The lowest BCUT2D eigenvalue weighted by atomic mass is 10.1. The molecule has 1 unspecified atom stereocenters. The normalized spacial score (nSPS) is 19.5. The van der Waals surface area contributed by atoms with Crippen molar-refractivity contribution >= 4 is 16.5 Å². The fraction of sp³-hybridized carbons (Fsp3) is 0.464. The number of benzene rings is 2. The van der Waals surface area contributed by atoms with E-state index in [9.17, 15) is 4.79 Å². The molecule has 35 heavy (non-hydrogen) atoms. The van der Waals surface area contributed by atoms with E-state index < -0.39 is 0 Å². The molecule has 0 N–H and O–H groups in total. The van der Waals surface area contributed by atoms with Gasteiger partial charge in [0.05, 0.1) is 17.5 Å². The van der Waals surface area contributed by atoms with Crippen LogP contribution in [0.2, 0.25) is 0 Å². The zero-order valence-electron chi connectivity index (χ0n) is 20.6. The Bertz CT molecular complexity index is 1230. The molecule has 2 aliphatic rings. The van der Waals surface area contributed by atoms with E-state index >= 15 is 4.39 Å². The summed E-state index contributed by atoms with van der Waals surface area (Å²) in [6.07, 6.45) is 6.20. The summed E-state index contributed by atoms with van der Waals surface area (Å²) in [4.78, 5) is 17.9. The molecular weight excluding hydrogens is 445 g/mol. The Morgan fingerprint density at radius 3 is 2.66 bits per heavy atom. The second-order valence-corrected chi connectivity index (χ2v) is 9.58. The fourth-order valence-electron chi connectivity index (χ4n) is 5.33. The third-order valence-electron chi connectivity index (χ3n) is 7.47. The zero-order valence-corrected chi connectivity index (χ0v) is 20.6. The molecule has 0 bridgehead atoms. The van der Waals surface area contributed by atoms with Crippen molar-refractivity contribution in [3.8, 4) is 11.4 Å². The summed E-state index contributed by atoms with van der Waals surface area (Å²) in [7, 11) is 1.67. The molecule has 0 amide bonds. The monoisotopic (exact) mass is 479 g/mol. The number of methoxy groups -OCH3 is 1. The quantitative estimate of drug-likeness (QED) is 0.472. The first-order valence-corrected chi connectivity index (χ1v) is 12.7. The largest absolute Gasteiger partial charge is 0.491 e. The van der Waals surface area contributed by atoms with Gasteiger partial charge in [0.1, 0.15) is 18.2 Å². The van der Waals surface area contributed by atoms with Crippen LogP contribution in [0.4, 0.5) is 10.1 Å². The summed E-state index contributed by atoms with van der Waals surface area (Å²) in [5, 5.41) is 1.35. The molecule has 2 aliphatic heterocycles. The summed E-state index contributed by atoms with van der Waals surface area (Å²) in [5.41, 5.74) is 0.965. The Morgan fingerprint density at radius 1 is 1.09 bits per heavy atom. The number of anilines is 1. The van der Waals surface area contributed by atoms with Gasteiger partial charge in [0.2, 0.25) is 0 Å². The molecule has 2 saturated heterocycles. The van der Waals surface area contributed by atoms with Crippen LogP contribution in [0.15, 0.2) is 53.5 Å². The van der Waals surface area contributed by atoms with Gasteiger partial charge in [-0.2, -0.15) is 0 Å². The van der Waals surface area contributed by atoms with Crippen molar-refractivity contribution in [2.45, 2.75) is 44.8 Å². The summed E-state index contributed by atoms with van der Waals surface area (Å²) < 4.78 is 27.9. The number of hydrogen-bond donors (Lipinski definition) is 0. The Balaban J connectivity index is 1.34. The van der Waals surface area contributed by atoms with E-state index in [1.807, 2.05) is 31.2 Å². The van der Waals surface area contributed by atoms with Gasteiger partial charge in [-0.3, -0.25) is 14.3 Å². The molecule has 6 nitrogen and oxygen atoms in total. The van der Waals surface area contributed by atoms with Gasteiger partial charge in [-0.1, -0.05) is 6.92 Å². The first kappa shape index (κ1) is 23.8. The van der Waals surface area contributed by atoms with Crippen LogP contribution in [0.3, 0.4) is 0 Å². The number of aromatic nitrogens is 1. The molecule has 0 spiro atoms. The third kappa shape index (κ3) is 4.93. The van der Waals surface area contributed by atoms with Gasteiger partial charge in [0, 0.05) is 43.9 Å². The number of hydrogen-bond acceptors (Lipinski definition) is 5. The molecule has 0 radical (unpaired) electrons. The lowest BCUT2D eigenvalue weighted by Crippen LogP contribution is -2.35. The molecule has 0 saturated carbocycles. The van der Waals surface area contributed by atoms with Crippen molar-refractivity contribution in [1.82, 2.24) is 9.47 Å². The second kappa shape index (κ2) is 10.4. The van der Waals surface area contributed by atoms with E-state index in [0.717, 1.165) is 44.4 Å². The van der Waals surface area contributed by atoms with Crippen molar-refractivity contribution < 1.29 is 13.9 Å². The number of pyridine rings is 1. The van der Waals surface area contributed by atoms with Crippen LogP contribution in [0.5, 0.6) is 5.75 Å². The van der Waals surface area contributed by atoms with Crippen molar-refractivity contribution in [2.24, 2.45) is 0 Å². The maximum absolute atomic E-state index is 15.2. The van der Waals surface area contributed by atoms with Crippen molar-refractivity contribution in [3.63, 3.8) is 0 Å². The molecule has 3 aromatic rings. The molecule has 5 rings (SSSR count). The van der Waals surface area contributed by atoms with Crippen molar-refractivity contribution in [2.75, 3.05) is 44.8 Å². The van der Waals surface area contributed by atoms with Crippen LogP contribution in [0, 0.1) is 5.82 Å². The second-order valence-electron chi connectivity index (χ2n) is 9.58. The maximum Gasteiger partial charge on any atom is 0.262 e. The van der Waals surface area contributed by atoms with Gasteiger partial charge >= 0.3 is 0 Å². The molecule has 2 atom stereocenters. The van der Waals surface area contributed by atoms with Gasteiger partial charge in [-0.25, -0.2) is 4.39 Å². The lowest BCUT2D eigenvalue weighted by Gasteiger charge is -2.25. The molecule has 186 valence electrons. The molecular formula is C28H34FN3O3. The summed E-state index contributed by atoms with van der Waals surface area (Å²) >= 11 is 0. The average molecular weight is 480 g/mol. The van der Waals surface area contributed by atoms with Crippen molar-refractivity contribution in [3.05, 3.63) is 64.8 Å². The molecule has 1 aromatic heterocycles. The molecule has 3 heterocycles. The Hall–Kier alpha value is -2.90. The van der Waals surface area contributed by atoms with E-state index in [2.05, 4.69) is 9.80 Å². The first-order valence-electron chi connectivity index (χ1n) is 12.7.